The molecule has 8 rings (SSSR count). The van der Waals surface area contributed by atoms with Crippen LogP contribution in [0.25, 0.3) is 67.4 Å². The van der Waals surface area contributed by atoms with Crippen molar-refractivity contribution in [3.05, 3.63) is 97.1 Å². The summed E-state index contributed by atoms with van der Waals surface area (Å²) >= 11 is 0. The molecule has 0 saturated carbocycles. The van der Waals surface area contributed by atoms with Gasteiger partial charge in [0, 0.05) is 13.8 Å². The number of benzene rings is 4. The molecular weight excluding hydrogens is 745 g/mol. The molecule has 0 aliphatic heterocycles. The molecule has 8 aromatic rings. The third-order valence-corrected chi connectivity index (χ3v) is 6.01. The molecule has 0 radical (unpaired) electrons. The van der Waals surface area contributed by atoms with Crippen LogP contribution >= 0.6 is 0 Å². The van der Waals surface area contributed by atoms with Crippen molar-refractivity contribution in [3.63, 3.8) is 0 Å². The Hall–Kier alpha value is -6.48. The van der Waals surface area contributed by atoms with Gasteiger partial charge in [-0.1, -0.05) is 48.5 Å². The Morgan fingerprint density at radius 2 is 0.593 bits per heavy atom. The Balaban J connectivity index is 0.000000203. The summed E-state index contributed by atoms with van der Waals surface area (Å²) in [7, 11) is -7.33. The van der Waals surface area contributed by atoms with Crippen molar-refractivity contribution in [3.8, 4) is 23.3 Å². The highest BCUT2D eigenvalue weighted by atomic mass is 32.2. The molecule has 0 amide bonds. The van der Waals surface area contributed by atoms with Crippen LogP contribution in [0.4, 0.5) is 0 Å². The number of hydrogen-bond donors (Lipinski definition) is 8. The fourth-order valence-electron chi connectivity index (χ4n) is 4.26. The molecule has 20 heteroatoms. The Morgan fingerprint density at radius 1 is 0.444 bits per heavy atom. The first-order valence-electron chi connectivity index (χ1n) is 15.3. The van der Waals surface area contributed by atoms with Crippen LogP contribution in [-0.2, 0) is 29.8 Å². The Morgan fingerprint density at radius 3 is 0.741 bits per heavy atom. The molecule has 8 N–H and O–H groups in total. The number of carboxylic acid groups (broad SMARTS) is 2. The van der Waals surface area contributed by atoms with Crippen LogP contribution in [0.5, 0.6) is 0 Å². The molecule has 0 atom stereocenters. The number of aromatic amines is 4. The lowest BCUT2D eigenvalue weighted by Gasteiger charge is -1.86. The molecule has 284 valence electrons. The van der Waals surface area contributed by atoms with E-state index in [0.29, 0.717) is 12.5 Å². The lowest BCUT2D eigenvalue weighted by molar-refractivity contribution is -0.135. The van der Waals surface area contributed by atoms with Crippen LogP contribution in [0.15, 0.2) is 97.1 Å². The van der Waals surface area contributed by atoms with E-state index in [0.717, 1.165) is 81.3 Å². The zero-order valence-corrected chi connectivity index (χ0v) is 30.7. The smallest absolute Gasteiger partial charge is 0.300 e. The van der Waals surface area contributed by atoms with E-state index in [1.807, 2.05) is 97.1 Å². The fourth-order valence-corrected chi connectivity index (χ4v) is 4.26. The van der Waals surface area contributed by atoms with Crippen LogP contribution in [-0.4, -0.2) is 100 Å². The van der Waals surface area contributed by atoms with Crippen molar-refractivity contribution in [1.29, 1.82) is 0 Å². The second kappa shape index (κ2) is 18.8. The van der Waals surface area contributed by atoms with E-state index in [1.165, 1.54) is 0 Å². The summed E-state index contributed by atoms with van der Waals surface area (Å²) in [5, 5.41) is 14.8. The second-order valence-electron chi connectivity index (χ2n) is 10.9. The molecule has 4 heterocycles. The van der Waals surface area contributed by atoms with Crippen molar-refractivity contribution in [1.82, 2.24) is 39.9 Å². The predicted octanol–water partition coefficient (Wildman–Crippen LogP) is 5.40. The highest BCUT2D eigenvalue weighted by molar-refractivity contribution is 7.85. The van der Waals surface area contributed by atoms with Gasteiger partial charge in [-0.05, 0) is 48.5 Å². The van der Waals surface area contributed by atoms with E-state index in [4.69, 9.17) is 28.9 Å². The molecule has 0 unspecified atom stereocenters. The van der Waals surface area contributed by atoms with Gasteiger partial charge in [0.05, 0.1) is 56.6 Å². The Kier molecular flexibility index (Phi) is 14.6. The average Bonchev–Trinajstić information content (AvgIpc) is 3.86. The van der Waals surface area contributed by atoms with Gasteiger partial charge in [-0.25, -0.2) is 19.9 Å². The number of aromatic nitrogens is 8. The van der Waals surface area contributed by atoms with Crippen molar-refractivity contribution in [2.45, 2.75) is 13.8 Å². The Bertz CT molecular complexity index is 2210. The SMILES string of the molecule is CC(=O)O.CC(=O)O.CS(=O)(=O)O.CS(=O)(=O)O.c1ccc2[nH]c(-c3nc4ccccc4[nH]3)nc2c1.c1ccc2[nH]c(-c3nc4ccccc4[nH]3)nc2c1. The molecule has 54 heavy (non-hydrogen) atoms. The molecule has 0 spiro atoms. The number of carbonyl (C=O) groups is 2. The molecular formula is C34H36N8O10S2. The van der Waals surface area contributed by atoms with Crippen LogP contribution in [0.1, 0.15) is 13.8 Å². The standard InChI is InChI=1S/2C14H10N4.2C2H4O2.2CH4O3S/c2*1-2-6-10-9(5-1)15-13(16-10)14-17-11-7-3-4-8-12(11)18-14;2*1-2(3)4;2*1-5(2,3)4/h2*1-8H,(H,15,16)(H,17,18);2*1H3,(H,3,4);2*1H3,(H,2,3,4). The van der Waals surface area contributed by atoms with Crippen LogP contribution in [0.2, 0.25) is 0 Å². The number of nitrogens with zero attached hydrogens (tertiary/aromatic N) is 4. The van der Waals surface area contributed by atoms with Crippen molar-refractivity contribution in [2.24, 2.45) is 0 Å². The number of hydrogen-bond acceptors (Lipinski definition) is 10. The van der Waals surface area contributed by atoms with Crippen LogP contribution in [0.3, 0.4) is 0 Å². The highest BCUT2D eigenvalue weighted by Gasteiger charge is 2.10. The largest absolute Gasteiger partial charge is 0.481 e. The summed E-state index contributed by atoms with van der Waals surface area (Å²) in [6, 6.07) is 31.8. The normalized spacial score (nSPS) is 10.6. The van der Waals surface area contributed by atoms with Crippen molar-refractivity contribution >= 4 is 76.3 Å². The maximum atomic E-state index is 9.19. The summed E-state index contributed by atoms with van der Waals surface area (Å²) in [6.07, 6.45) is 1.43. The fraction of sp³-hybridized carbons (Fsp3) is 0.118. The van der Waals surface area contributed by atoms with E-state index >= 15 is 0 Å². The first-order chi connectivity index (χ1) is 25.3. The van der Waals surface area contributed by atoms with Gasteiger partial charge in [-0.3, -0.25) is 18.7 Å². The lowest BCUT2D eigenvalue weighted by atomic mass is 10.3. The van der Waals surface area contributed by atoms with Gasteiger partial charge in [0.25, 0.3) is 32.2 Å². The lowest BCUT2D eigenvalue weighted by Crippen LogP contribution is -1.88. The summed E-state index contributed by atoms with van der Waals surface area (Å²) in [5.41, 5.74) is 7.89. The number of para-hydroxylation sites is 8. The zero-order valence-electron chi connectivity index (χ0n) is 29.1. The topological polar surface area (TPSA) is 298 Å². The van der Waals surface area contributed by atoms with E-state index < -0.39 is 32.2 Å². The third kappa shape index (κ3) is 15.0. The third-order valence-electron chi connectivity index (χ3n) is 6.01. The monoisotopic (exact) mass is 780 g/mol. The minimum Gasteiger partial charge on any atom is -0.481 e. The molecule has 0 aliphatic rings. The maximum Gasteiger partial charge on any atom is 0.300 e. The van der Waals surface area contributed by atoms with E-state index in [1.54, 1.807) is 0 Å². The summed E-state index contributed by atoms with van der Waals surface area (Å²) in [4.78, 5) is 49.2. The summed E-state index contributed by atoms with van der Waals surface area (Å²) in [5.74, 6) is 1.42. The van der Waals surface area contributed by atoms with Crippen molar-refractivity contribution < 1.29 is 45.7 Å². The summed E-state index contributed by atoms with van der Waals surface area (Å²) < 4.78 is 51.7. The molecule has 0 saturated heterocycles. The van der Waals surface area contributed by atoms with E-state index in [2.05, 4.69) is 39.9 Å². The number of rotatable bonds is 2. The minimum absolute atomic E-state index is 0.715. The second-order valence-corrected chi connectivity index (χ2v) is 13.8. The average molecular weight is 781 g/mol. The van der Waals surface area contributed by atoms with Crippen molar-refractivity contribution in [2.75, 3.05) is 12.5 Å². The van der Waals surface area contributed by atoms with Gasteiger partial charge in [0.2, 0.25) is 0 Å². The Labute approximate surface area is 307 Å². The predicted molar refractivity (Wildman–Crippen MR) is 204 cm³/mol. The quantitative estimate of drug-likeness (QED) is 0.102. The van der Waals surface area contributed by atoms with Gasteiger partial charge >= 0.3 is 0 Å². The van der Waals surface area contributed by atoms with E-state index in [-0.39, 0.29) is 0 Å². The van der Waals surface area contributed by atoms with E-state index in [9.17, 15) is 16.8 Å². The van der Waals surface area contributed by atoms with Gasteiger partial charge in [0.15, 0.2) is 23.3 Å². The molecule has 0 fully saturated rings. The molecule has 0 aliphatic carbocycles. The number of carboxylic acids is 2. The number of imidazole rings is 4. The molecule has 4 aromatic heterocycles. The molecule has 0 bridgehead atoms. The first kappa shape index (κ1) is 41.9. The highest BCUT2D eigenvalue weighted by Crippen LogP contribution is 2.22. The zero-order chi connectivity index (χ0) is 40.1. The number of nitrogens with one attached hydrogen (secondary N) is 4. The first-order valence-corrected chi connectivity index (χ1v) is 19.0. The molecule has 18 nitrogen and oxygen atoms in total. The molecule has 4 aromatic carbocycles. The van der Waals surface area contributed by atoms with Crippen LogP contribution in [0, 0.1) is 0 Å². The van der Waals surface area contributed by atoms with Crippen LogP contribution < -0.4 is 0 Å². The van der Waals surface area contributed by atoms with Gasteiger partial charge < -0.3 is 30.1 Å². The number of fused-ring (bicyclic) bond motifs is 4. The van der Waals surface area contributed by atoms with Gasteiger partial charge in [-0.15, -0.1) is 0 Å². The van der Waals surface area contributed by atoms with Gasteiger partial charge in [-0.2, -0.15) is 16.8 Å². The number of aliphatic carboxylic acids is 2. The maximum absolute atomic E-state index is 9.19. The number of H-pyrrole nitrogens is 4. The summed E-state index contributed by atoms with van der Waals surface area (Å²) in [6.45, 7) is 2.17. The minimum atomic E-state index is -3.67. The van der Waals surface area contributed by atoms with Gasteiger partial charge in [0.1, 0.15) is 0 Å².